The average molecular weight is 338 g/mol. The van der Waals surface area contributed by atoms with Crippen molar-refractivity contribution in [1.82, 2.24) is 4.90 Å². The zero-order chi connectivity index (χ0) is 17.7. The first-order chi connectivity index (χ1) is 10.5. The molecule has 0 aromatic rings. The topological polar surface area (TPSA) is 97.1 Å². The Hall–Kier alpha value is -1.48. The molecule has 1 fully saturated rings. The lowest BCUT2D eigenvalue weighted by Crippen LogP contribution is -2.43. The Morgan fingerprint density at radius 1 is 1.30 bits per heavy atom. The average Bonchev–Trinajstić information content (AvgIpc) is 2.41. The number of hydrogen-bond acceptors (Lipinski definition) is 6. The van der Waals surface area contributed by atoms with Gasteiger partial charge in [0.25, 0.3) is 0 Å². The van der Waals surface area contributed by atoms with Crippen LogP contribution in [0.25, 0.3) is 0 Å². The van der Waals surface area contributed by atoms with Gasteiger partial charge in [0, 0.05) is 25.8 Å². The normalized spacial score (nSPS) is 19.9. The summed E-state index contributed by atoms with van der Waals surface area (Å²) in [5.74, 6) is -0.481. The molecule has 1 aliphatic heterocycles. The van der Waals surface area contributed by atoms with Crippen LogP contribution in [-0.2, 0) is 4.74 Å². The molecule has 0 unspecified atom stereocenters. The number of hydrogen-bond donors (Lipinski definition) is 3. The highest BCUT2D eigenvalue weighted by Crippen LogP contribution is 2.17. The highest BCUT2D eigenvalue weighted by atomic mass is 19.4. The van der Waals surface area contributed by atoms with E-state index in [0.717, 1.165) is 25.9 Å². The molecule has 1 heterocycles. The molecule has 23 heavy (non-hydrogen) atoms. The van der Waals surface area contributed by atoms with Gasteiger partial charge in [-0.25, -0.2) is 0 Å². The van der Waals surface area contributed by atoms with E-state index in [1.54, 1.807) is 13.8 Å². The van der Waals surface area contributed by atoms with Gasteiger partial charge in [-0.05, 0) is 26.7 Å². The maximum absolute atomic E-state index is 12.0. The molecule has 0 atom stereocenters. The quantitative estimate of drug-likeness (QED) is 0.495. The van der Waals surface area contributed by atoms with Crippen LogP contribution in [0.5, 0.6) is 0 Å². The molecule has 0 radical (unpaired) electrons. The van der Waals surface area contributed by atoms with Gasteiger partial charge in [0.2, 0.25) is 5.88 Å². The number of halogens is 3. The summed E-state index contributed by atoms with van der Waals surface area (Å²) in [6.07, 6.45) is -1.65. The fourth-order valence-electron chi connectivity index (χ4n) is 2.27. The zero-order valence-corrected chi connectivity index (χ0v) is 13.4. The number of likely N-dealkylation sites (tertiary alicyclic amines) is 1. The number of β-amino-alcohol motifs (C(OH)–C–C–N with tert-alkyl or cyclic N) is 1. The molecule has 5 N–H and O–H groups in total. The molecule has 0 aliphatic carbocycles. The lowest BCUT2D eigenvalue weighted by atomic mass is 10.0. The second-order valence-electron chi connectivity index (χ2n) is 6.32. The van der Waals surface area contributed by atoms with Crippen molar-refractivity contribution in [3.05, 3.63) is 11.6 Å². The van der Waals surface area contributed by atoms with E-state index in [2.05, 4.69) is 14.6 Å². The van der Waals surface area contributed by atoms with Gasteiger partial charge < -0.3 is 26.2 Å². The Morgan fingerprint density at radius 3 is 2.35 bits per heavy atom. The molecule has 0 spiro atoms. The van der Waals surface area contributed by atoms with E-state index in [9.17, 15) is 18.3 Å². The Morgan fingerprint density at radius 2 is 1.87 bits per heavy atom. The Labute approximate surface area is 134 Å². The molecule has 1 saturated heterocycles. The number of aliphatic hydroxyl groups is 1. The fourth-order valence-corrected chi connectivity index (χ4v) is 2.27. The third-order valence-corrected chi connectivity index (χ3v) is 3.27. The molecule has 1 rings (SSSR count). The first-order valence-corrected chi connectivity index (χ1v) is 7.39. The molecule has 134 valence electrons. The molecule has 0 bridgehead atoms. The number of rotatable bonds is 6. The summed E-state index contributed by atoms with van der Waals surface area (Å²) >= 11 is 0. The van der Waals surface area contributed by atoms with Crippen LogP contribution in [0.3, 0.4) is 0 Å². The van der Waals surface area contributed by atoms with Crippen LogP contribution < -0.4 is 11.5 Å². The first kappa shape index (κ1) is 19.6. The van der Waals surface area contributed by atoms with E-state index in [0.29, 0.717) is 6.54 Å². The van der Waals surface area contributed by atoms with E-state index < -0.39 is 24.3 Å². The summed E-state index contributed by atoms with van der Waals surface area (Å²) in [5, 5.41) is 9.78. The number of ether oxygens (including phenoxy) is 1. The molecule has 6 nitrogen and oxygen atoms in total. The van der Waals surface area contributed by atoms with Crippen LogP contribution in [0.1, 0.15) is 26.7 Å². The summed E-state index contributed by atoms with van der Waals surface area (Å²) in [4.78, 5) is 6.39. The molecule has 0 saturated carbocycles. The SMILES string of the molecule is CC(C)(O)CN1CCC(N=CC(N)=C(N)OCC(F)(F)F)CC1. The third-order valence-electron chi connectivity index (χ3n) is 3.27. The fraction of sp³-hybridized carbons (Fsp3) is 0.786. The van der Waals surface area contributed by atoms with E-state index >= 15 is 0 Å². The summed E-state index contributed by atoms with van der Waals surface area (Å²) < 4.78 is 40.4. The third kappa shape index (κ3) is 8.65. The monoisotopic (exact) mass is 338 g/mol. The van der Waals surface area contributed by atoms with Gasteiger partial charge in [0.1, 0.15) is 5.70 Å². The molecular formula is C14H25F3N4O2. The Kier molecular flexibility index (Phi) is 6.69. The van der Waals surface area contributed by atoms with Crippen molar-refractivity contribution >= 4 is 6.21 Å². The number of piperidine rings is 1. The van der Waals surface area contributed by atoms with Crippen molar-refractivity contribution in [2.24, 2.45) is 16.5 Å². The predicted molar refractivity (Wildman–Crippen MR) is 81.7 cm³/mol. The zero-order valence-electron chi connectivity index (χ0n) is 13.4. The minimum Gasteiger partial charge on any atom is -0.468 e. The van der Waals surface area contributed by atoms with Crippen molar-refractivity contribution in [3.8, 4) is 0 Å². The number of aliphatic imine (C=N–C) groups is 1. The van der Waals surface area contributed by atoms with Crippen molar-refractivity contribution < 1.29 is 23.0 Å². The second-order valence-corrected chi connectivity index (χ2v) is 6.32. The van der Waals surface area contributed by atoms with Crippen LogP contribution >= 0.6 is 0 Å². The Bertz CT molecular complexity index is 436. The smallest absolute Gasteiger partial charge is 0.422 e. The molecule has 9 heteroatoms. The van der Waals surface area contributed by atoms with Crippen LogP contribution in [0, 0.1) is 0 Å². The molecule has 1 aliphatic rings. The summed E-state index contributed by atoms with van der Waals surface area (Å²) in [5.41, 5.74) is 10.0. The van der Waals surface area contributed by atoms with Gasteiger partial charge in [0.15, 0.2) is 6.61 Å². The van der Waals surface area contributed by atoms with Crippen LogP contribution in [-0.4, -0.2) is 60.3 Å². The van der Waals surface area contributed by atoms with Gasteiger partial charge in [-0.3, -0.25) is 4.99 Å². The largest absolute Gasteiger partial charge is 0.468 e. The number of alkyl halides is 3. The number of nitrogens with zero attached hydrogens (tertiary/aromatic N) is 2. The Balaban J connectivity index is 2.43. The predicted octanol–water partition coefficient (Wildman–Crippen LogP) is 0.958. The highest BCUT2D eigenvalue weighted by Gasteiger charge is 2.29. The van der Waals surface area contributed by atoms with Gasteiger partial charge >= 0.3 is 6.18 Å². The van der Waals surface area contributed by atoms with Gasteiger partial charge in [-0.2, -0.15) is 13.2 Å². The minimum atomic E-state index is -4.46. The maximum Gasteiger partial charge on any atom is 0.422 e. The summed E-state index contributed by atoms with van der Waals surface area (Å²) in [6, 6.07) is 0.0296. The molecule has 0 aromatic heterocycles. The van der Waals surface area contributed by atoms with Gasteiger partial charge in [-0.15, -0.1) is 0 Å². The van der Waals surface area contributed by atoms with Crippen LogP contribution in [0.2, 0.25) is 0 Å². The molecular weight excluding hydrogens is 313 g/mol. The van der Waals surface area contributed by atoms with Gasteiger partial charge in [-0.1, -0.05) is 0 Å². The van der Waals surface area contributed by atoms with E-state index in [1.807, 2.05) is 0 Å². The van der Waals surface area contributed by atoms with Crippen LogP contribution in [0.4, 0.5) is 13.2 Å². The lowest BCUT2D eigenvalue weighted by Gasteiger charge is -2.34. The van der Waals surface area contributed by atoms with Crippen molar-refractivity contribution in [1.29, 1.82) is 0 Å². The van der Waals surface area contributed by atoms with Gasteiger partial charge in [0.05, 0.1) is 11.6 Å². The standard InChI is InChI=1S/C14H25F3N4O2/c1-13(2,22)8-21-5-3-10(4-6-21)20-7-11(18)12(19)23-9-14(15,16)17/h7,10,22H,3-6,8-9,18-19H2,1-2H3. The first-order valence-electron chi connectivity index (χ1n) is 7.39. The van der Waals surface area contributed by atoms with E-state index in [-0.39, 0.29) is 11.7 Å². The molecule has 0 aromatic carbocycles. The van der Waals surface area contributed by atoms with E-state index in [4.69, 9.17) is 11.5 Å². The second kappa shape index (κ2) is 7.87. The lowest BCUT2D eigenvalue weighted by molar-refractivity contribution is -0.165. The van der Waals surface area contributed by atoms with Crippen molar-refractivity contribution in [3.63, 3.8) is 0 Å². The van der Waals surface area contributed by atoms with E-state index in [1.165, 1.54) is 6.21 Å². The van der Waals surface area contributed by atoms with Crippen molar-refractivity contribution in [2.75, 3.05) is 26.2 Å². The molecule has 0 amide bonds. The maximum atomic E-state index is 12.0. The number of allylic oxidation sites excluding steroid dienone is 1. The highest BCUT2D eigenvalue weighted by molar-refractivity contribution is 5.77. The number of nitrogens with two attached hydrogens (primary N) is 2. The van der Waals surface area contributed by atoms with Crippen LogP contribution in [0.15, 0.2) is 16.6 Å². The minimum absolute atomic E-state index is 0.0296. The summed E-state index contributed by atoms with van der Waals surface area (Å²) in [7, 11) is 0. The summed E-state index contributed by atoms with van der Waals surface area (Å²) in [6.45, 7) is 4.19. The van der Waals surface area contributed by atoms with Crippen molar-refractivity contribution in [2.45, 2.75) is 44.5 Å².